The van der Waals surface area contributed by atoms with E-state index in [1.165, 1.54) is 4.88 Å². The number of aliphatic hydroxyl groups is 1. The van der Waals surface area contributed by atoms with Crippen molar-refractivity contribution >= 4 is 28.6 Å². The predicted octanol–water partition coefficient (Wildman–Crippen LogP) is 4.48. The molecule has 0 bridgehead atoms. The van der Waals surface area contributed by atoms with E-state index in [2.05, 4.69) is 18.0 Å². The van der Waals surface area contributed by atoms with E-state index in [-0.39, 0.29) is 6.10 Å². The standard InChI is InChI=1S/C15H18ClNOS/c1-3-14(18)11-4-6-12(7-5-11)17(2)10-13-8-9-15(16)19-13/h4-9,14,18H,3,10H2,1-2H3. The van der Waals surface area contributed by atoms with Crippen LogP contribution in [0.25, 0.3) is 0 Å². The largest absolute Gasteiger partial charge is 0.388 e. The lowest BCUT2D eigenvalue weighted by molar-refractivity contribution is 0.173. The molecule has 19 heavy (non-hydrogen) atoms. The monoisotopic (exact) mass is 295 g/mol. The molecule has 102 valence electrons. The second-order valence-corrected chi connectivity index (χ2v) is 6.38. The zero-order valence-corrected chi connectivity index (χ0v) is 12.7. The van der Waals surface area contributed by atoms with Gasteiger partial charge in [-0.05, 0) is 36.2 Å². The second kappa shape index (κ2) is 6.42. The first kappa shape index (κ1) is 14.4. The number of halogens is 1. The molecule has 1 aromatic heterocycles. The van der Waals surface area contributed by atoms with Crippen LogP contribution in [-0.2, 0) is 6.54 Å². The van der Waals surface area contributed by atoms with Crippen molar-refractivity contribution < 1.29 is 5.11 Å². The molecule has 0 aliphatic heterocycles. The maximum atomic E-state index is 9.77. The van der Waals surface area contributed by atoms with E-state index >= 15 is 0 Å². The van der Waals surface area contributed by atoms with Gasteiger partial charge in [0.05, 0.1) is 17.0 Å². The van der Waals surface area contributed by atoms with Crippen LogP contribution in [-0.4, -0.2) is 12.2 Å². The molecule has 0 saturated carbocycles. The Labute approximate surface area is 123 Å². The summed E-state index contributed by atoms with van der Waals surface area (Å²) >= 11 is 7.54. The topological polar surface area (TPSA) is 23.5 Å². The van der Waals surface area contributed by atoms with Crippen LogP contribution in [0.5, 0.6) is 0 Å². The van der Waals surface area contributed by atoms with Gasteiger partial charge in [-0.1, -0.05) is 30.7 Å². The summed E-state index contributed by atoms with van der Waals surface area (Å²) in [6.07, 6.45) is 0.374. The first-order valence-electron chi connectivity index (χ1n) is 6.33. The Morgan fingerprint density at radius 3 is 2.42 bits per heavy atom. The lowest BCUT2D eigenvalue weighted by Crippen LogP contribution is -2.15. The third-order valence-electron chi connectivity index (χ3n) is 3.13. The first-order chi connectivity index (χ1) is 9.10. The van der Waals surface area contributed by atoms with Gasteiger partial charge in [0.2, 0.25) is 0 Å². The van der Waals surface area contributed by atoms with E-state index in [1.54, 1.807) is 11.3 Å². The summed E-state index contributed by atoms with van der Waals surface area (Å²) in [5, 5.41) is 9.77. The number of rotatable bonds is 5. The molecule has 0 fully saturated rings. The highest BCUT2D eigenvalue weighted by molar-refractivity contribution is 7.16. The zero-order chi connectivity index (χ0) is 13.8. The van der Waals surface area contributed by atoms with E-state index in [9.17, 15) is 5.11 Å². The van der Waals surface area contributed by atoms with Gasteiger partial charge in [-0.25, -0.2) is 0 Å². The van der Waals surface area contributed by atoms with E-state index < -0.39 is 0 Å². The summed E-state index contributed by atoms with van der Waals surface area (Å²) in [4.78, 5) is 3.41. The molecule has 0 spiro atoms. The summed E-state index contributed by atoms with van der Waals surface area (Å²) in [6.45, 7) is 2.82. The van der Waals surface area contributed by atoms with Crippen molar-refractivity contribution in [2.75, 3.05) is 11.9 Å². The highest BCUT2D eigenvalue weighted by Gasteiger charge is 2.07. The third kappa shape index (κ3) is 3.72. The summed E-state index contributed by atoms with van der Waals surface area (Å²) in [7, 11) is 2.05. The molecule has 1 N–H and O–H groups in total. The fraction of sp³-hybridized carbons (Fsp3) is 0.333. The Balaban J connectivity index is 2.05. The first-order valence-corrected chi connectivity index (χ1v) is 7.53. The van der Waals surface area contributed by atoms with Crippen LogP contribution in [0.2, 0.25) is 4.34 Å². The van der Waals surface area contributed by atoms with Crippen LogP contribution in [0, 0.1) is 0 Å². The molecule has 0 saturated heterocycles. The van der Waals surface area contributed by atoms with Crippen molar-refractivity contribution in [1.29, 1.82) is 0 Å². The van der Waals surface area contributed by atoms with Gasteiger partial charge in [0.1, 0.15) is 0 Å². The van der Waals surface area contributed by atoms with Gasteiger partial charge in [-0.15, -0.1) is 11.3 Å². The highest BCUT2D eigenvalue weighted by Crippen LogP contribution is 2.25. The quantitative estimate of drug-likeness (QED) is 0.879. The van der Waals surface area contributed by atoms with Crippen LogP contribution in [0.15, 0.2) is 36.4 Å². The Hall–Kier alpha value is -1.03. The molecule has 1 aromatic carbocycles. The zero-order valence-electron chi connectivity index (χ0n) is 11.1. The molecular formula is C15H18ClNOS. The van der Waals surface area contributed by atoms with E-state index in [4.69, 9.17) is 11.6 Å². The molecule has 2 nitrogen and oxygen atoms in total. The Kier molecular flexibility index (Phi) is 4.86. The van der Waals surface area contributed by atoms with Crippen molar-refractivity contribution in [2.45, 2.75) is 26.0 Å². The van der Waals surface area contributed by atoms with Gasteiger partial charge in [0.15, 0.2) is 0 Å². The number of hydrogen-bond donors (Lipinski definition) is 1. The van der Waals surface area contributed by atoms with Gasteiger partial charge >= 0.3 is 0 Å². The fourth-order valence-corrected chi connectivity index (χ4v) is 3.09. The van der Waals surface area contributed by atoms with E-state index in [0.29, 0.717) is 0 Å². The van der Waals surface area contributed by atoms with Gasteiger partial charge in [0.25, 0.3) is 0 Å². The normalized spacial score (nSPS) is 12.4. The Morgan fingerprint density at radius 2 is 1.89 bits per heavy atom. The molecule has 0 radical (unpaired) electrons. The smallest absolute Gasteiger partial charge is 0.0931 e. The minimum atomic E-state index is -0.365. The molecule has 1 atom stereocenters. The molecule has 0 aliphatic carbocycles. The minimum absolute atomic E-state index is 0.365. The fourth-order valence-electron chi connectivity index (χ4n) is 1.95. The van der Waals surface area contributed by atoms with Gasteiger partial charge in [0, 0.05) is 17.6 Å². The summed E-state index contributed by atoms with van der Waals surface area (Å²) in [5.74, 6) is 0. The molecule has 2 aromatic rings. The molecule has 2 rings (SSSR count). The molecule has 0 aliphatic rings. The van der Waals surface area contributed by atoms with Crippen LogP contribution < -0.4 is 4.90 Å². The minimum Gasteiger partial charge on any atom is -0.388 e. The number of benzene rings is 1. The number of nitrogens with zero attached hydrogens (tertiary/aromatic N) is 1. The number of hydrogen-bond acceptors (Lipinski definition) is 3. The van der Waals surface area contributed by atoms with E-state index in [0.717, 1.165) is 28.6 Å². The molecule has 4 heteroatoms. The summed E-state index contributed by atoms with van der Waals surface area (Å²) in [6, 6.07) is 12.0. The van der Waals surface area contributed by atoms with Crippen molar-refractivity contribution in [3.63, 3.8) is 0 Å². The van der Waals surface area contributed by atoms with Crippen molar-refractivity contribution in [3.8, 4) is 0 Å². The van der Waals surface area contributed by atoms with Crippen LogP contribution in [0.3, 0.4) is 0 Å². The van der Waals surface area contributed by atoms with Gasteiger partial charge in [-0.3, -0.25) is 0 Å². The Morgan fingerprint density at radius 1 is 1.21 bits per heavy atom. The van der Waals surface area contributed by atoms with Crippen LogP contribution in [0.4, 0.5) is 5.69 Å². The van der Waals surface area contributed by atoms with Crippen LogP contribution in [0.1, 0.15) is 29.9 Å². The lowest BCUT2D eigenvalue weighted by atomic mass is 10.1. The predicted molar refractivity (Wildman–Crippen MR) is 83.1 cm³/mol. The van der Waals surface area contributed by atoms with Gasteiger partial charge in [-0.2, -0.15) is 0 Å². The van der Waals surface area contributed by atoms with Crippen LogP contribution >= 0.6 is 22.9 Å². The van der Waals surface area contributed by atoms with Crippen molar-refractivity contribution in [1.82, 2.24) is 0 Å². The second-order valence-electron chi connectivity index (χ2n) is 4.58. The molecule has 0 amide bonds. The number of thiophene rings is 1. The van der Waals surface area contributed by atoms with Gasteiger partial charge < -0.3 is 10.0 Å². The molecular weight excluding hydrogens is 278 g/mol. The maximum absolute atomic E-state index is 9.77. The SMILES string of the molecule is CCC(O)c1ccc(N(C)Cc2ccc(Cl)s2)cc1. The highest BCUT2D eigenvalue weighted by atomic mass is 35.5. The van der Waals surface area contributed by atoms with E-state index in [1.807, 2.05) is 37.3 Å². The average molecular weight is 296 g/mol. The Bertz CT molecular complexity index is 523. The van der Waals surface area contributed by atoms with Crippen molar-refractivity contribution in [3.05, 3.63) is 51.2 Å². The summed E-state index contributed by atoms with van der Waals surface area (Å²) in [5.41, 5.74) is 2.11. The lowest BCUT2D eigenvalue weighted by Gasteiger charge is -2.19. The maximum Gasteiger partial charge on any atom is 0.0931 e. The molecule has 1 heterocycles. The molecule has 1 unspecified atom stereocenters. The third-order valence-corrected chi connectivity index (χ3v) is 4.34. The number of aliphatic hydroxyl groups excluding tert-OH is 1. The van der Waals surface area contributed by atoms with Crippen molar-refractivity contribution in [2.24, 2.45) is 0 Å². The number of anilines is 1. The summed E-state index contributed by atoms with van der Waals surface area (Å²) < 4.78 is 0.824. The average Bonchev–Trinajstić information content (AvgIpc) is 2.83.